The highest BCUT2D eigenvalue weighted by Crippen LogP contribution is 2.22. The van der Waals surface area contributed by atoms with Gasteiger partial charge in [0, 0.05) is 12.1 Å². The Bertz CT molecular complexity index is 1050. The van der Waals surface area contributed by atoms with Gasteiger partial charge >= 0.3 is 0 Å². The molecular weight excluding hydrogens is 358 g/mol. The molecule has 1 aromatic heterocycles. The molecule has 1 amide bonds. The molecule has 0 saturated heterocycles. The minimum absolute atomic E-state index is 0.0359. The summed E-state index contributed by atoms with van der Waals surface area (Å²) in [6, 6.07) is 26.1. The molecule has 0 saturated carbocycles. The highest BCUT2D eigenvalue weighted by atomic mass is 16.1. The smallest absolute Gasteiger partial charge is 0.231 e. The second kappa shape index (κ2) is 8.74. The predicted molar refractivity (Wildman–Crippen MR) is 118 cm³/mol. The minimum Gasteiger partial charge on any atom is -0.342 e. The maximum Gasteiger partial charge on any atom is 0.231 e. The van der Waals surface area contributed by atoms with Crippen LogP contribution in [0.25, 0.3) is 11.0 Å². The summed E-state index contributed by atoms with van der Waals surface area (Å²) in [4.78, 5) is 20.7. The Morgan fingerprint density at radius 1 is 0.931 bits per heavy atom. The van der Waals surface area contributed by atoms with E-state index in [4.69, 9.17) is 0 Å². The fourth-order valence-electron chi connectivity index (χ4n) is 3.63. The lowest BCUT2D eigenvalue weighted by molar-refractivity contribution is -0.117. The molecule has 29 heavy (non-hydrogen) atoms. The molecule has 0 unspecified atom stereocenters. The van der Waals surface area contributed by atoms with E-state index in [0.717, 1.165) is 47.4 Å². The van der Waals surface area contributed by atoms with E-state index in [1.807, 2.05) is 73.7 Å². The van der Waals surface area contributed by atoms with Gasteiger partial charge in [0.05, 0.1) is 17.0 Å². The molecule has 146 valence electrons. The van der Waals surface area contributed by atoms with Crippen LogP contribution >= 0.6 is 0 Å². The Kier molecular flexibility index (Phi) is 5.71. The summed E-state index contributed by atoms with van der Waals surface area (Å²) in [5.74, 6) is 0.898. The molecule has 0 aliphatic heterocycles. The number of fused-ring (bicyclic) bond motifs is 1. The van der Waals surface area contributed by atoms with Crippen molar-refractivity contribution < 1.29 is 4.79 Å². The Labute approximate surface area is 171 Å². The zero-order valence-electron chi connectivity index (χ0n) is 16.6. The Morgan fingerprint density at radius 2 is 1.66 bits per heavy atom. The SMILES string of the molecule is CC[C@H](C(=O)Nc1ccc(CCc2nc3ccccc3[nH]2)cc1)c1ccccc1. The van der Waals surface area contributed by atoms with Crippen LogP contribution in [0.2, 0.25) is 0 Å². The molecule has 4 heteroatoms. The number of H-pyrrole nitrogens is 1. The number of hydrogen-bond acceptors (Lipinski definition) is 2. The van der Waals surface area contributed by atoms with E-state index < -0.39 is 0 Å². The van der Waals surface area contributed by atoms with Gasteiger partial charge in [0.25, 0.3) is 0 Å². The summed E-state index contributed by atoms with van der Waals surface area (Å²) in [7, 11) is 0. The molecule has 4 rings (SSSR count). The van der Waals surface area contributed by atoms with Crippen molar-refractivity contribution in [2.45, 2.75) is 32.1 Å². The molecule has 1 atom stereocenters. The molecule has 0 fully saturated rings. The number of carbonyl (C=O) groups excluding carboxylic acids is 1. The van der Waals surface area contributed by atoms with Crippen molar-refractivity contribution >= 4 is 22.6 Å². The lowest BCUT2D eigenvalue weighted by atomic mass is 9.95. The van der Waals surface area contributed by atoms with Gasteiger partial charge in [0.2, 0.25) is 5.91 Å². The van der Waals surface area contributed by atoms with E-state index in [-0.39, 0.29) is 11.8 Å². The Morgan fingerprint density at radius 3 is 2.38 bits per heavy atom. The monoisotopic (exact) mass is 383 g/mol. The number of nitrogens with one attached hydrogen (secondary N) is 2. The van der Waals surface area contributed by atoms with Crippen LogP contribution in [-0.2, 0) is 17.6 Å². The van der Waals surface area contributed by atoms with E-state index in [1.165, 1.54) is 5.56 Å². The molecule has 0 spiro atoms. The third-order valence-electron chi connectivity index (χ3n) is 5.24. The van der Waals surface area contributed by atoms with E-state index in [9.17, 15) is 4.79 Å². The van der Waals surface area contributed by atoms with Crippen molar-refractivity contribution in [1.82, 2.24) is 9.97 Å². The average Bonchev–Trinajstić information content (AvgIpc) is 3.18. The van der Waals surface area contributed by atoms with Gasteiger partial charge in [-0.3, -0.25) is 4.79 Å². The maximum atomic E-state index is 12.7. The molecule has 4 aromatic rings. The lowest BCUT2D eigenvalue weighted by Crippen LogP contribution is -2.20. The molecule has 1 heterocycles. The molecule has 4 nitrogen and oxygen atoms in total. The molecule has 0 radical (unpaired) electrons. The highest BCUT2D eigenvalue weighted by Gasteiger charge is 2.18. The Hall–Kier alpha value is -3.40. The number of rotatable bonds is 7. The predicted octanol–water partition coefficient (Wildman–Crippen LogP) is 5.48. The third-order valence-corrected chi connectivity index (χ3v) is 5.24. The number of amides is 1. The minimum atomic E-state index is -0.135. The first-order valence-corrected chi connectivity index (χ1v) is 10.1. The molecule has 0 aliphatic rings. The van der Waals surface area contributed by atoms with Gasteiger partial charge in [-0.2, -0.15) is 0 Å². The number of hydrogen-bond donors (Lipinski definition) is 2. The maximum absolute atomic E-state index is 12.7. The zero-order chi connectivity index (χ0) is 20.1. The van der Waals surface area contributed by atoms with Crippen LogP contribution in [0.1, 0.15) is 36.2 Å². The van der Waals surface area contributed by atoms with E-state index in [2.05, 4.69) is 27.4 Å². The van der Waals surface area contributed by atoms with E-state index in [0.29, 0.717) is 0 Å². The number of benzene rings is 3. The standard InChI is InChI=1S/C25H25N3O/c1-2-21(19-8-4-3-5-9-19)25(29)26-20-15-12-18(13-16-20)14-17-24-27-22-10-6-7-11-23(22)28-24/h3-13,15-16,21H,2,14,17H2,1H3,(H,26,29)(H,27,28)/t21-/m0/s1. The summed E-state index contributed by atoms with van der Waals surface area (Å²) in [6.07, 6.45) is 2.52. The van der Waals surface area contributed by atoms with Crippen molar-refractivity contribution in [3.8, 4) is 0 Å². The van der Waals surface area contributed by atoms with E-state index >= 15 is 0 Å². The first-order chi connectivity index (χ1) is 14.2. The van der Waals surface area contributed by atoms with Gasteiger partial charge in [0.15, 0.2) is 0 Å². The van der Waals surface area contributed by atoms with Crippen LogP contribution < -0.4 is 5.32 Å². The number of carbonyl (C=O) groups is 1. The van der Waals surface area contributed by atoms with Gasteiger partial charge in [-0.05, 0) is 48.2 Å². The van der Waals surface area contributed by atoms with Gasteiger partial charge in [0.1, 0.15) is 5.82 Å². The van der Waals surface area contributed by atoms with Crippen LogP contribution in [-0.4, -0.2) is 15.9 Å². The number of para-hydroxylation sites is 2. The number of imidazole rings is 1. The first kappa shape index (κ1) is 18.9. The number of anilines is 1. The molecule has 0 aliphatic carbocycles. The topological polar surface area (TPSA) is 57.8 Å². The third kappa shape index (κ3) is 4.54. The summed E-state index contributed by atoms with van der Waals surface area (Å²) in [5.41, 5.74) is 5.18. The lowest BCUT2D eigenvalue weighted by Gasteiger charge is -2.15. The molecule has 0 bridgehead atoms. The van der Waals surface area contributed by atoms with Crippen LogP contribution in [0, 0.1) is 0 Å². The van der Waals surface area contributed by atoms with Gasteiger partial charge in [-0.25, -0.2) is 4.98 Å². The van der Waals surface area contributed by atoms with Crippen molar-refractivity contribution in [3.63, 3.8) is 0 Å². The molecule has 2 N–H and O–H groups in total. The van der Waals surface area contributed by atoms with Gasteiger partial charge in [-0.15, -0.1) is 0 Å². The zero-order valence-corrected chi connectivity index (χ0v) is 16.6. The average molecular weight is 383 g/mol. The fraction of sp³-hybridized carbons (Fsp3) is 0.200. The summed E-state index contributed by atoms with van der Waals surface area (Å²) >= 11 is 0. The first-order valence-electron chi connectivity index (χ1n) is 10.1. The largest absolute Gasteiger partial charge is 0.342 e. The quantitative estimate of drug-likeness (QED) is 0.444. The van der Waals surface area contributed by atoms with Crippen LogP contribution in [0.5, 0.6) is 0 Å². The van der Waals surface area contributed by atoms with E-state index in [1.54, 1.807) is 0 Å². The highest BCUT2D eigenvalue weighted by molar-refractivity contribution is 5.95. The second-order valence-electron chi connectivity index (χ2n) is 7.26. The summed E-state index contributed by atoms with van der Waals surface area (Å²) in [6.45, 7) is 2.04. The van der Waals surface area contributed by atoms with Crippen molar-refractivity contribution in [2.24, 2.45) is 0 Å². The van der Waals surface area contributed by atoms with Crippen LogP contribution in [0.4, 0.5) is 5.69 Å². The van der Waals surface area contributed by atoms with Crippen LogP contribution in [0.15, 0.2) is 78.9 Å². The summed E-state index contributed by atoms with van der Waals surface area (Å²) < 4.78 is 0. The van der Waals surface area contributed by atoms with Crippen molar-refractivity contribution in [3.05, 3.63) is 95.8 Å². The number of nitrogens with zero attached hydrogens (tertiary/aromatic N) is 1. The molecular formula is C25H25N3O. The van der Waals surface area contributed by atoms with Crippen molar-refractivity contribution in [2.75, 3.05) is 5.32 Å². The van der Waals surface area contributed by atoms with Crippen molar-refractivity contribution in [1.29, 1.82) is 0 Å². The molecule has 3 aromatic carbocycles. The van der Waals surface area contributed by atoms with Gasteiger partial charge < -0.3 is 10.3 Å². The normalized spacial score (nSPS) is 12.0. The van der Waals surface area contributed by atoms with Gasteiger partial charge in [-0.1, -0.05) is 61.5 Å². The number of aromatic nitrogens is 2. The van der Waals surface area contributed by atoms with Crippen LogP contribution in [0.3, 0.4) is 0 Å². The second-order valence-corrected chi connectivity index (χ2v) is 7.26. The number of aromatic amines is 1. The summed E-state index contributed by atoms with van der Waals surface area (Å²) in [5, 5.41) is 3.05. The fourth-order valence-corrected chi connectivity index (χ4v) is 3.63. The number of aryl methyl sites for hydroxylation is 2. The Balaban J connectivity index is 1.36.